The molecule has 1 aliphatic rings. The maximum atomic E-state index is 12.0. The predicted octanol–water partition coefficient (Wildman–Crippen LogP) is 2.79. The molecule has 0 bridgehead atoms. The van der Waals surface area contributed by atoms with Crippen LogP contribution in [0.15, 0.2) is 18.2 Å². The van der Waals surface area contributed by atoms with Crippen molar-refractivity contribution in [2.24, 2.45) is 0 Å². The zero-order valence-corrected chi connectivity index (χ0v) is 12.5. The largest absolute Gasteiger partial charge is 0.397 e. The fourth-order valence-electron chi connectivity index (χ4n) is 2.64. The topological polar surface area (TPSA) is 58.4 Å². The number of carbonyl (C=O) groups is 1. The Morgan fingerprint density at radius 3 is 2.40 bits per heavy atom. The van der Waals surface area contributed by atoms with Gasteiger partial charge >= 0.3 is 0 Å². The molecule has 1 aromatic carbocycles. The summed E-state index contributed by atoms with van der Waals surface area (Å²) in [6, 6.07) is 5.77. The van der Waals surface area contributed by atoms with Crippen molar-refractivity contribution in [3.63, 3.8) is 0 Å². The molecule has 1 saturated heterocycles. The van der Waals surface area contributed by atoms with Crippen LogP contribution in [-0.2, 0) is 0 Å². The fraction of sp³-hybridized carbons (Fsp3) is 0.562. The zero-order valence-electron chi connectivity index (χ0n) is 12.5. The molecular formula is C16H25N3O. The van der Waals surface area contributed by atoms with Crippen LogP contribution in [0, 0.1) is 0 Å². The van der Waals surface area contributed by atoms with E-state index in [1.54, 1.807) is 6.07 Å². The van der Waals surface area contributed by atoms with Gasteiger partial charge in [-0.1, -0.05) is 12.8 Å². The first-order valence-corrected chi connectivity index (χ1v) is 7.53. The first-order valence-electron chi connectivity index (χ1n) is 7.53. The van der Waals surface area contributed by atoms with Gasteiger partial charge in [0.05, 0.1) is 11.4 Å². The average molecular weight is 275 g/mol. The third kappa shape index (κ3) is 3.65. The summed E-state index contributed by atoms with van der Waals surface area (Å²) >= 11 is 0. The number of carbonyl (C=O) groups excluding carboxylic acids is 1. The van der Waals surface area contributed by atoms with Gasteiger partial charge in [-0.15, -0.1) is 0 Å². The van der Waals surface area contributed by atoms with Crippen molar-refractivity contribution < 1.29 is 4.79 Å². The van der Waals surface area contributed by atoms with Gasteiger partial charge in [0.1, 0.15) is 0 Å². The molecule has 20 heavy (non-hydrogen) atoms. The van der Waals surface area contributed by atoms with Crippen LogP contribution in [0.4, 0.5) is 11.4 Å². The Morgan fingerprint density at radius 1 is 1.20 bits per heavy atom. The van der Waals surface area contributed by atoms with Crippen molar-refractivity contribution in [3.8, 4) is 0 Å². The smallest absolute Gasteiger partial charge is 0.251 e. The number of hydrogen-bond acceptors (Lipinski definition) is 3. The van der Waals surface area contributed by atoms with E-state index in [-0.39, 0.29) is 11.9 Å². The number of nitrogens with zero attached hydrogens (tertiary/aromatic N) is 1. The van der Waals surface area contributed by atoms with Crippen LogP contribution >= 0.6 is 0 Å². The molecular weight excluding hydrogens is 250 g/mol. The third-order valence-corrected chi connectivity index (χ3v) is 3.66. The molecule has 0 unspecified atom stereocenters. The van der Waals surface area contributed by atoms with Gasteiger partial charge in [-0.25, -0.2) is 0 Å². The van der Waals surface area contributed by atoms with Crippen LogP contribution in [0.25, 0.3) is 0 Å². The second-order valence-electron chi connectivity index (χ2n) is 5.80. The van der Waals surface area contributed by atoms with E-state index in [0.717, 1.165) is 18.8 Å². The molecule has 1 aromatic rings. The van der Waals surface area contributed by atoms with Gasteiger partial charge in [0.2, 0.25) is 0 Å². The molecule has 4 nitrogen and oxygen atoms in total. The van der Waals surface area contributed by atoms with Crippen LogP contribution in [0.5, 0.6) is 0 Å². The van der Waals surface area contributed by atoms with Gasteiger partial charge in [-0.2, -0.15) is 0 Å². The summed E-state index contributed by atoms with van der Waals surface area (Å²) in [5, 5.41) is 2.89. The Morgan fingerprint density at radius 2 is 1.85 bits per heavy atom. The summed E-state index contributed by atoms with van der Waals surface area (Å²) < 4.78 is 0. The Bertz CT molecular complexity index is 463. The van der Waals surface area contributed by atoms with Crippen LogP contribution in [0.1, 0.15) is 49.9 Å². The molecule has 0 aliphatic carbocycles. The van der Waals surface area contributed by atoms with Crippen molar-refractivity contribution in [3.05, 3.63) is 23.8 Å². The second-order valence-corrected chi connectivity index (χ2v) is 5.80. The molecule has 0 radical (unpaired) electrons. The van der Waals surface area contributed by atoms with Gasteiger partial charge in [-0.05, 0) is 44.9 Å². The van der Waals surface area contributed by atoms with Crippen molar-refractivity contribution in [2.45, 2.75) is 45.6 Å². The molecule has 0 aromatic heterocycles. The molecule has 4 heteroatoms. The fourth-order valence-corrected chi connectivity index (χ4v) is 2.64. The molecule has 1 fully saturated rings. The molecule has 3 N–H and O–H groups in total. The first-order chi connectivity index (χ1) is 9.58. The molecule has 0 atom stereocenters. The van der Waals surface area contributed by atoms with Crippen molar-refractivity contribution >= 4 is 17.3 Å². The molecule has 2 rings (SSSR count). The zero-order chi connectivity index (χ0) is 14.5. The number of benzene rings is 1. The van der Waals surface area contributed by atoms with E-state index < -0.39 is 0 Å². The molecule has 0 spiro atoms. The van der Waals surface area contributed by atoms with Gasteiger partial charge in [-0.3, -0.25) is 4.79 Å². The summed E-state index contributed by atoms with van der Waals surface area (Å²) in [6.45, 7) is 6.02. The van der Waals surface area contributed by atoms with E-state index in [0.29, 0.717) is 11.3 Å². The van der Waals surface area contributed by atoms with Gasteiger partial charge in [0, 0.05) is 24.7 Å². The highest BCUT2D eigenvalue weighted by Gasteiger charge is 2.14. The molecule has 1 heterocycles. The normalized spacial score (nSPS) is 16.1. The Kier molecular flexibility index (Phi) is 4.88. The van der Waals surface area contributed by atoms with E-state index in [1.807, 2.05) is 26.0 Å². The summed E-state index contributed by atoms with van der Waals surface area (Å²) in [7, 11) is 0. The highest BCUT2D eigenvalue weighted by atomic mass is 16.1. The van der Waals surface area contributed by atoms with E-state index >= 15 is 0 Å². The van der Waals surface area contributed by atoms with Crippen molar-refractivity contribution in [1.82, 2.24) is 5.32 Å². The standard InChI is InChI=1S/C16H25N3O/c1-12(2)18-16(20)13-7-8-15(14(17)11-13)19-9-5-3-4-6-10-19/h7-8,11-12H,3-6,9-10,17H2,1-2H3,(H,18,20). The first kappa shape index (κ1) is 14.7. The van der Waals surface area contributed by atoms with Crippen molar-refractivity contribution in [1.29, 1.82) is 0 Å². The number of nitrogens with two attached hydrogens (primary N) is 1. The number of rotatable bonds is 3. The lowest BCUT2D eigenvalue weighted by Gasteiger charge is -2.24. The van der Waals surface area contributed by atoms with Crippen LogP contribution in [0.2, 0.25) is 0 Å². The predicted molar refractivity (Wildman–Crippen MR) is 84.1 cm³/mol. The maximum absolute atomic E-state index is 12.0. The second kappa shape index (κ2) is 6.64. The summed E-state index contributed by atoms with van der Waals surface area (Å²) in [6.07, 6.45) is 5.03. The lowest BCUT2D eigenvalue weighted by atomic mass is 10.1. The molecule has 110 valence electrons. The van der Waals surface area contributed by atoms with E-state index in [9.17, 15) is 4.79 Å². The number of nitrogens with one attached hydrogen (secondary N) is 1. The van der Waals surface area contributed by atoms with Gasteiger partial charge in [0.25, 0.3) is 5.91 Å². The summed E-state index contributed by atoms with van der Waals surface area (Å²) in [5.74, 6) is -0.0610. The van der Waals surface area contributed by atoms with Crippen LogP contribution < -0.4 is 16.0 Å². The van der Waals surface area contributed by atoms with Gasteiger partial charge < -0.3 is 16.0 Å². The Hall–Kier alpha value is -1.71. The Balaban J connectivity index is 2.14. The van der Waals surface area contributed by atoms with E-state index in [2.05, 4.69) is 10.2 Å². The SMILES string of the molecule is CC(C)NC(=O)c1ccc(N2CCCCCC2)c(N)c1. The summed E-state index contributed by atoms with van der Waals surface area (Å²) in [4.78, 5) is 14.3. The Labute approximate surface area is 121 Å². The minimum atomic E-state index is -0.0610. The summed E-state index contributed by atoms with van der Waals surface area (Å²) in [5.41, 5.74) is 8.54. The number of hydrogen-bond donors (Lipinski definition) is 2. The number of anilines is 2. The lowest BCUT2D eigenvalue weighted by molar-refractivity contribution is 0.0943. The van der Waals surface area contributed by atoms with E-state index in [1.165, 1.54) is 25.7 Å². The van der Waals surface area contributed by atoms with Crippen molar-refractivity contribution in [2.75, 3.05) is 23.7 Å². The highest BCUT2D eigenvalue weighted by Crippen LogP contribution is 2.26. The average Bonchev–Trinajstić information content (AvgIpc) is 2.66. The molecule has 1 amide bonds. The third-order valence-electron chi connectivity index (χ3n) is 3.66. The monoisotopic (exact) mass is 275 g/mol. The minimum absolute atomic E-state index is 0.0610. The molecule has 1 aliphatic heterocycles. The highest BCUT2D eigenvalue weighted by molar-refractivity contribution is 5.96. The molecule has 0 saturated carbocycles. The number of nitrogen functional groups attached to an aromatic ring is 1. The van der Waals surface area contributed by atoms with Crippen LogP contribution in [0.3, 0.4) is 0 Å². The van der Waals surface area contributed by atoms with Crippen LogP contribution in [-0.4, -0.2) is 25.0 Å². The maximum Gasteiger partial charge on any atom is 0.251 e. The quantitative estimate of drug-likeness (QED) is 0.834. The van der Waals surface area contributed by atoms with E-state index in [4.69, 9.17) is 5.73 Å². The lowest BCUT2D eigenvalue weighted by Crippen LogP contribution is -2.30. The number of amides is 1. The minimum Gasteiger partial charge on any atom is -0.397 e. The van der Waals surface area contributed by atoms with Gasteiger partial charge in [0.15, 0.2) is 0 Å².